The van der Waals surface area contributed by atoms with Crippen molar-refractivity contribution in [2.24, 2.45) is 11.8 Å². The molecule has 1 rings (SSSR count). The smallest absolute Gasteiger partial charge is 0.0666 e. The fourth-order valence-electron chi connectivity index (χ4n) is 5.05. The predicted octanol–water partition coefficient (Wildman–Crippen LogP) is 7.27. The SMILES string of the molecule is CCCC(C)C1(C)[B]C(CC)(C(CC)CCC)CCCC1. The zero-order valence-corrected chi connectivity index (χ0v) is 15.8. The van der Waals surface area contributed by atoms with Crippen molar-refractivity contribution in [3.8, 4) is 0 Å². The Kier molecular flexibility index (Phi) is 7.86. The Morgan fingerprint density at radius 3 is 2.10 bits per heavy atom. The van der Waals surface area contributed by atoms with E-state index in [-0.39, 0.29) is 0 Å². The fraction of sp³-hybridized carbons (Fsp3) is 1.00. The van der Waals surface area contributed by atoms with Crippen molar-refractivity contribution in [3.05, 3.63) is 0 Å². The molecule has 1 fully saturated rings. The molecule has 1 aliphatic rings. The number of rotatable bonds is 8. The lowest BCUT2D eigenvalue weighted by molar-refractivity contribution is 0.282. The van der Waals surface area contributed by atoms with Crippen LogP contribution in [0.5, 0.6) is 0 Å². The van der Waals surface area contributed by atoms with Crippen molar-refractivity contribution < 1.29 is 0 Å². The van der Waals surface area contributed by atoms with Crippen LogP contribution in [0.1, 0.15) is 106 Å². The Morgan fingerprint density at radius 1 is 0.952 bits per heavy atom. The largest absolute Gasteiger partial charge is 0.126 e. The first-order valence-corrected chi connectivity index (χ1v) is 9.85. The van der Waals surface area contributed by atoms with Gasteiger partial charge in [0.2, 0.25) is 0 Å². The van der Waals surface area contributed by atoms with Gasteiger partial charge < -0.3 is 0 Å². The average Bonchev–Trinajstić information content (AvgIpc) is 2.66. The summed E-state index contributed by atoms with van der Waals surface area (Å²) in [5.74, 6) is 1.74. The second kappa shape index (κ2) is 8.63. The van der Waals surface area contributed by atoms with Crippen molar-refractivity contribution in [1.82, 2.24) is 0 Å². The second-order valence-corrected chi connectivity index (χ2v) is 8.03. The first kappa shape index (κ1) is 19.1. The van der Waals surface area contributed by atoms with Crippen LogP contribution in [0, 0.1) is 11.8 Å². The lowest BCUT2D eigenvalue weighted by Gasteiger charge is -2.46. The minimum atomic E-state index is 0.462. The highest BCUT2D eigenvalue weighted by Crippen LogP contribution is 2.58. The molecule has 0 N–H and O–H groups in total. The molecule has 21 heavy (non-hydrogen) atoms. The topological polar surface area (TPSA) is 0 Å². The van der Waals surface area contributed by atoms with Gasteiger partial charge >= 0.3 is 0 Å². The van der Waals surface area contributed by atoms with Crippen LogP contribution >= 0.6 is 0 Å². The molecule has 0 saturated carbocycles. The summed E-state index contributed by atoms with van der Waals surface area (Å²) in [6.45, 7) is 14.7. The zero-order valence-electron chi connectivity index (χ0n) is 15.8. The van der Waals surface area contributed by atoms with Gasteiger partial charge in [-0.15, -0.1) is 0 Å². The van der Waals surface area contributed by atoms with Crippen LogP contribution in [0.4, 0.5) is 0 Å². The van der Waals surface area contributed by atoms with Crippen molar-refractivity contribution in [2.45, 2.75) is 116 Å². The highest BCUT2D eigenvalue weighted by atomic mass is 14.4. The average molecular weight is 291 g/mol. The summed E-state index contributed by atoms with van der Waals surface area (Å²) in [7, 11) is 2.89. The molecule has 4 unspecified atom stereocenters. The van der Waals surface area contributed by atoms with E-state index in [2.05, 4.69) is 48.8 Å². The summed E-state index contributed by atoms with van der Waals surface area (Å²) in [6, 6.07) is 0. The van der Waals surface area contributed by atoms with Crippen LogP contribution in [-0.4, -0.2) is 7.28 Å². The molecule has 0 aromatic carbocycles. The van der Waals surface area contributed by atoms with E-state index in [1.807, 2.05) is 0 Å². The summed E-state index contributed by atoms with van der Waals surface area (Å²) < 4.78 is 0. The van der Waals surface area contributed by atoms with Gasteiger partial charge in [0, 0.05) is 0 Å². The second-order valence-electron chi connectivity index (χ2n) is 8.03. The first-order valence-electron chi connectivity index (χ1n) is 9.85. The Morgan fingerprint density at radius 2 is 1.57 bits per heavy atom. The van der Waals surface area contributed by atoms with Crippen molar-refractivity contribution in [1.29, 1.82) is 0 Å². The van der Waals surface area contributed by atoms with E-state index in [1.54, 1.807) is 0 Å². The summed E-state index contributed by atoms with van der Waals surface area (Å²) in [6.07, 6.45) is 13.9. The predicted molar refractivity (Wildman–Crippen MR) is 98.3 cm³/mol. The van der Waals surface area contributed by atoms with E-state index in [1.165, 1.54) is 64.2 Å². The van der Waals surface area contributed by atoms with E-state index < -0.39 is 0 Å². The molecule has 4 atom stereocenters. The minimum absolute atomic E-state index is 0.462. The molecular formula is C20H40B. The van der Waals surface area contributed by atoms with Crippen LogP contribution in [0.3, 0.4) is 0 Å². The molecule has 0 nitrogen and oxygen atoms in total. The molecule has 0 amide bonds. The van der Waals surface area contributed by atoms with Gasteiger partial charge in [0.15, 0.2) is 0 Å². The van der Waals surface area contributed by atoms with Crippen LogP contribution < -0.4 is 0 Å². The number of hydrogen-bond acceptors (Lipinski definition) is 0. The molecular weight excluding hydrogens is 251 g/mol. The molecule has 1 saturated heterocycles. The normalized spacial score (nSPS) is 33.0. The monoisotopic (exact) mass is 291 g/mol. The maximum absolute atomic E-state index is 2.89. The Balaban J connectivity index is 3.01. The van der Waals surface area contributed by atoms with Crippen LogP contribution in [-0.2, 0) is 0 Å². The van der Waals surface area contributed by atoms with Crippen molar-refractivity contribution in [2.75, 3.05) is 0 Å². The van der Waals surface area contributed by atoms with E-state index in [0.717, 1.165) is 11.8 Å². The minimum Gasteiger partial charge on any atom is -0.0666 e. The van der Waals surface area contributed by atoms with Crippen molar-refractivity contribution in [3.63, 3.8) is 0 Å². The Labute approximate surface area is 136 Å². The summed E-state index contributed by atoms with van der Waals surface area (Å²) in [5, 5.41) is 0.974. The molecule has 1 radical (unpaired) electrons. The lowest BCUT2D eigenvalue weighted by atomic mass is 9.32. The van der Waals surface area contributed by atoms with Gasteiger partial charge in [0.25, 0.3) is 0 Å². The fourth-order valence-corrected chi connectivity index (χ4v) is 5.05. The lowest BCUT2D eigenvalue weighted by Crippen LogP contribution is -2.37. The molecule has 0 aromatic rings. The Hall–Kier alpha value is 0.0649. The molecule has 1 aliphatic heterocycles. The van der Waals surface area contributed by atoms with Gasteiger partial charge in [-0.3, -0.25) is 0 Å². The number of hydrogen-bond donors (Lipinski definition) is 0. The highest BCUT2D eigenvalue weighted by Gasteiger charge is 2.45. The zero-order chi connectivity index (χ0) is 15.9. The van der Waals surface area contributed by atoms with E-state index in [0.29, 0.717) is 10.6 Å². The maximum atomic E-state index is 2.89. The molecule has 0 aliphatic carbocycles. The Bertz CT molecular complexity index is 288. The van der Waals surface area contributed by atoms with E-state index in [9.17, 15) is 0 Å². The van der Waals surface area contributed by atoms with Gasteiger partial charge in [-0.2, -0.15) is 0 Å². The standard InChI is InChI=1S/C20H40B/c1-7-13-17(5)19(6)15-11-12-16-20(10-4,21-19)18(9-3)14-8-2/h17-18H,7-16H2,1-6H3. The quantitative estimate of drug-likeness (QED) is 0.412. The van der Waals surface area contributed by atoms with E-state index >= 15 is 0 Å². The molecule has 0 spiro atoms. The van der Waals surface area contributed by atoms with Gasteiger partial charge in [-0.25, -0.2) is 0 Å². The van der Waals surface area contributed by atoms with Crippen LogP contribution in [0.2, 0.25) is 10.6 Å². The summed E-state index contributed by atoms with van der Waals surface area (Å²) in [5.41, 5.74) is 0. The highest BCUT2D eigenvalue weighted by molar-refractivity contribution is 6.44. The van der Waals surface area contributed by atoms with Gasteiger partial charge in [-0.1, -0.05) is 116 Å². The molecule has 123 valence electrons. The maximum Gasteiger partial charge on any atom is 0.126 e. The molecule has 0 aromatic heterocycles. The van der Waals surface area contributed by atoms with E-state index in [4.69, 9.17) is 0 Å². The van der Waals surface area contributed by atoms with Gasteiger partial charge in [-0.05, 0) is 11.8 Å². The summed E-state index contributed by atoms with van der Waals surface area (Å²) in [4.78, 5) is 0. The molecule has 0 bridgehead atoms. The van der Waals surface area contributed by atoms with Crippen LogP contribution in [0.25, 0.3) is 0 Å². The van der Waals surface area contributed by atoms with Crippen LogP contribution in [0.15, 0.2) is 0 Å². The third kappa shape index (κ3) is 4.52. The molecule has 1 heteroatoms. The first-order chi connectivity index (χ1) is 9.98. The third-order valence-electron chi connectivity index (χ3n) is 6.67. The van der Waals surface area contributed by atoms with Gasteiger partial charge in [0.05, 0.1) is 0 Å². The third-order valence-corrected chi connectivity index (χ3v) is 6.67. The molecule has 1 heterocycles. The van der Waals surface area contributed by atoms with Gasteiger partial charge in [0.1, 0.15) is 7.28 Å². The van der Waals surface area contributed by atoms with Crippen molar-refractivity contribution >= 4 is 7.28 Å². The summed E-state index contributed by atoms with van der Waals surface area (Å²) >= 11 is 0.